The maximum absolute atomic E-state index is 11.6. The molecule has 24 nitrogen and oxygen atoms in total. The van der Waals surface area contributed by atoms with Crippen LogP contribution in [-0.2, 0) is 23.7 Å². The number of alkyl halides is 1. The monoisotopic (exact) mass is 1490 g/mol. The highest BCUT2D eigenvalue weighted by Crippen LogP contribution is 2.42. The number of halogens is 1. The molecular formula is C72H130IN9O15. The number of nitrogens with two attached hydrogens (primary N) is 1. The number of hydrogen-bond donors (Lipinski definition) is 9. The fraction of sp³-hybridized carbons (Fsp3) is 0.792. The lowest BCUT2D eigenvalue weighted by Gasteiger charge is -2.51. The number of nitrogens with zero attached hydrogens (tertiary/aromatic N) is 6. The summed E-state index contributed by atoms with van der Waals surface area (Å²) in [6.45, 7) is 49.4. The Labute approximate surface area is 595 Å². The number of carbonyl (C=O) groups is 3. The summed E-state index contributed by atoms with van der Waals surface area (Å²) in [4.78, 5) is 33.7. The van der Waals surface area contributed by atoms with Gasteiger partial charge in [-0.15, -0.1) is 0 Å². The predicted octanol–water partition coefficient (Wildman–Crippen LogP) is 13.8. The van der Waals surface area contributed by atoms with Gasteiger partial charge in [0.2, 0.25) is 0 Å². The predicted molar refractivity (Wildman–Crippen MR) is 385 cm³/mol. The zero-order valence-electron chi connectivity index (χ0n) is 63.5. The van der Waals surface area contributed by atoms with Gasteiger partial charge in [0.1, 0.15) is 36.7 Å². The number of hydrogen-bond acceptors (Lipinski definition) is 22. The molecule has 6 heterocycles. The number of urea groups is 1. The van der Waals surface area contributed by atoms with Crippen molar-refractivity contribution in [1.29, 1.82) is 0 Å². The summed E-state index contributed by atoms with van der Waals surface area (Å²) in [5.41, 5.74) is 1.59. The Balaban J connectivity index is 0.000000308. The lowest BCUT2D eigenvalue weighted by Crippen LogP contribution is -2.63. The van der Waals surface area contributed by atoms with E-state index in [0.717, 1.165) is 43.6 Å². The average Bonchev–Trinajstić information content (AvgIpc) is 1.72. The molecule has 2 aromatic carbocycles. The molecule has 0 radical (unpaired) electrons. The van der Waals surface area contributed by atoms with Crippen LogP contribution in [0.5, 0.6) is 11.5 Å². The van der Waals surface area contributed by atoms with E-state index in [9.17, 15) is 45.6 Å². The normalized spacial score (nSPS) is 25.8. The van der Waals surface area contributed by atoms with Crippen LogP contribution in [0.3, 0.4) is 0 Å². The van der Waals surface area contributed by atoms with E-state index < -0.39 is 34.3 Å². The largest absolute Gasteiger partial charge is 0.508 e. The lowest BCUT2D eigenvalue weighted by molar-refractivity contribution is -0.264. The molecule has 0 aliphatic carbocycles. The Bertz CT molecular complexity index is 2540. The van der Waals surface area contributed by atoms with Gasteiger partial charge in [0.05, 0.1) is 18.2 Å². The Morgan fingerprint density at radius 1 is 0.526 bits per heavy atom. The van der Waals surface area contributed by atoms with Crippen LogP contribution in [0.4, 0.5) is 9.59 Å². The van der Waals surface area contributed by atoms with E-state index in [1.165, 1.54) is 30.4 Å². The van der Waals surface area contributed by atoms with Gasteiger partial charge in [-0.1, -0.05) is 59.0 Å². The van der Waals surface area contributed by atoms with Gasteiger partial charge in [-0.2, -0.15) is 30.4 Å². The maximum Gasteiger partial charge on any atom is 0.508 e. The summed E-state index contributed by atoms with van der Waals surface area (Å²) in [6.07, 6.45) is 6.98. The first kappa shape index (κ1) is 87.6. The number of ketones is 1. The summed E-state index contributed by atoms with van der Waals surface area (Å²) in [7, 11) is 0. The van der Waals surface area contributed by atoms with E-state index >= 15 is 0 Å². The van der Waals surface area contributed by atoms with Crippen molar-refractivity contribution in [3.05, 3.63) is 60.7 Å². The number of hydroxylamine groups is 12. The molecule has 0 spiro atoms. The van der Waals surface area contributed by atoms with Gasteiger partial charge >= 0.3 is 12.2 Å². The molecule has 6 aliphatic heterocycles. The molecule has 0 saturated carbocycles. The van der Waals surface area contributed by atoms with Crippen molar-refractivity contribution in [3.63, 3.8) is 0 Å². The van der Waals surface area contributed by atoms with Crippen molar-refractivity contribution < 1.29 is 74.0 Å². The smallest absolute Gasteiger partial charge is 0.478 e. The minimum absolute atomic E-state index is 0.0240. The minimum Gasteiger partial charge on any atom is -0.478 e. The number of nitrogens with one attached hydrogen (secondary N) is 2. The summed E-state index contributed by atoms with van der Waals surface area (Å²) < 4.78 is 33.0. The van der Waals surface area contributed by atoms with Crippen LogP contribution in [0.15, 0.2) is 60.7 Å². The van der Waals surface area contributed by atoms with Gasteiger partial charge in [0, 0.05) is 110 Å². The topological polar surface area (TPSA) is 297 Å². The van der Waals surface area contributed by atoms with E-state index in [4.69, 9.17) is 34.2 Å². The number of carbonyl (C=O) groups excluding carboxylic acids is 3. The van der Waals surface area contributed by atoms with Crippen LogP contribution in [0.2, 0.25) is 0 Å². The molecule has 2 amide bonds. The minimum atomic E-state index is -0.673. The Kier molecular flexibility index (Phi) is 32.1. The van der Waals surface area contributed by atoms with Crippen molar-refractivity contribution in [1.82, 2.24) is 41.0 Å². The zero-order chi connectivity index (χ0) is 74.4. The highest BCUT2D eigenvalue weighted by molar-refractivity contribution is 14.1. The molecule has 8 rings (SSSR count). The van der Waals surface area contributed by atoms with Crippen molar-refractivity contribution in [2.24, 2.45) is 5.73 Å². The molecule has 560 valence electrons. The third-order valence-electron chi connectivity index (χ3n) is 19.1. The summed E-state index contributed by atoms with van der Waals surface area (Å²) in [6, 6.07) is 19.6. The van der Waals surface area contributed by atoms with Crippen LogP contribution in [0, 0.1) is 0 Å². The number of ether oxygens (including phenoxy) is 6. The first-order valence-corrected chi connectivity index (χ1v) is 35.7. The van der Waals surface area contributed by atoms with E-state index in [1.54, 1.807) is 0 Å². The first-order valence-electron chi connectivity index (χ1n) is 34.5. The second kappa shape index (κ2) is 35.5. The van der Waals surface area contributed by atoms with Crippen molar-refractivity contribution in [2.75, 3.05) is 33.3 Å². The van der Waals surface area contributed by atoms with E-state index in [0.29, 0.717) is 74.5 Å². The second-order valence-corrected chi connectivity index (χ2v) is 35.4. The van der Waals surface area contributed by atoms with Gasteiger partial charge in [-0.05, 0) is 235 Å². The van der Waals surface area contributed by atoms with Gasteiger partial charge in [0.15, 0.2) is 6.79 Å². The van der Waals surface area contributed by atoms with Crippen LogP contribution >= 0.6 is 22.6 Å². The Morgan fingerprint density at radius 3 is 1.24 bits per heavy atom. The fourth-order valence-corrected chi connectivity index (χ4v) is 15.9. The highest BCUT2D eigenvalue weighted by atomic mass is 127. The van der Waals surface area contributed by atoms with E-state index in [-0.39, 0.29) is 76.2 Å². The standard InChI is InChI=1S/C16H26N2O2.C16H25NO3.C14H27NO5.C10H21N3O2.C9H17NO2.C7H14INO/c1-15(2)10-13(11-16(3,4)18(15)19)17-12-20-14-8-6-5-7-9-14;1-15(2)10-14(11-16(3,4)17(15)18)20-12-19-13-8-6-5-7-9-13;1-6-18-7-8-19-12(16)20-11-9-13(2,3)15(17)14(4,5)10-11;1-9(2)5-7(12-8(11)14)6-10(3,4)13(9)15;1-8(2)5-7(11)6-9(3,4)10(8)12;1-5-4-6(8)7(2,3)9(5)10/h5-9,13,17,19H,10-12H2,1-4H3;5-9,14,18H,10-12H2,1-4H3;11,17H,6-10H2,1-5H3;7,15H,5-6H2,1-4H3,(H3,11,12,14);12H,5-6H2,1-4H3;5-6,10H,4H2,1-3H3. The summed E-state index contributed by atoms with van der Waals surface area (Å²) in [5.74, 6) is 1.92. The first-order chi connectivity index (χ1) is 44.2. The number of para-hydroxylation sites is 2. The molecule has 10 N–H and O–H groups in total. The number of piperidine rings is 5. The van der Waals surface area contributed by atoms with Crippen molar-refractivity contribution >= 4 is 40.6 Å². The number of rotatable bonds is 14. The SMILES string of the molecule is CC1(C)CC(=O)CC(C)(C)N1O.CC1(C)CC(NC(N)=O)CC(C)(C)N1O.CC1(C)CC(NCOc2ccccc2)CC(C)(C)N1O.CC1(C)CC(OCOc2ccccc2)CC(C)(C)N1O.CC1CC(I)C(C)(C)N1O.CCOCCOC(=O)OC1CC(C)(C)N(O)C(C)(C)C1. The average molecular weight is 1490 g/mol. The maximum atomic E-state index is 11.6. The van der Waals surface area contributed by atoms with Gasteiger partial charge < -0.3 is 70.7 Å². The van der Waals surface area contributed by atoms with Crippen LogP contribution in [-0.4, -0.2) is 208 Å². The highest BCUT2D eigenvalue weighted by Gasteiger charge is 2.50. The molecule has 2 atom stereocenters. The molecule has 6 saturated heterocycles. The molecule has 0 aromatic heterocycles. The molecule has 2 aromatic rings. The lowest BCUT2D eigenvalue weighted by atomic mass is 9.79. The van der Waals surface area contributed by atoms with Crippen molar-refractivity contribution in [2.45, 2.75) is 332 Å². The summed E-state index contributed by atoms with van der Waals surface area (Å²) >= 11 is 2.40. The number of Topliss-reactive ketones (excluding diaryl/α,β-unsaturated/α-hetero) is 1. The molecule has 6 aliphatic rings. The number of primary amides is 1. The molecule has 97 heavy (non-hydrogen) atoms. The van der Waals surface area contributed by atoms with Gasteiger partial charge in [-0.25, -0.2) is 9.59 Å². The zero-order valence-corrected chi connectivity index (χ0v) is 65.7. The van der Waals surface area contributed by atoms with Crippen LogP contribution < -0.4 is 25.8 Å². The molecular weight excluding hydrogens is 1360 g/mol. The third-order valence-corrected chi connectivity index (χ3v) is 21.1. The van der Waals surface area contributed by atoms with Crippen LogP contribution in [0.25, 0.3) is 0 Å². The second-order valence-electron chi connectivity index (χ2n) is 33.9. The molecule has 0 bridgehead atoms. The van der Waals surface area contributed by atoms with Gasteiger partial charge in [-0.3, -0.25) is 10.1 Å². The Morgan fingerprint density at radius 2 is 0.887 bits per heavy atom. The quantitative estimate of drug-likeness (QED) is 0.0279. The molecule has 25 heteroatoms. The third kappa shape index (κ3) is 26.6. The summed E-state index contributed by atoms with van der Waals surface area (Å²) in [5, 5.41) is 74.6. The van der Waals surface area contributed by atoms with E-state index in [2.05, 4.69) is 81.7 Å². The van der Waals surface area contributed by atoms with Crippen LogP contribution in [0.1, 0.15) is 237 Å². The molecule has 6 fully saturated rings. The molecule has 2 unspecified atom stereocenters. The van der Waals surface area contributed by atoms with Gasteiger partial charge in [0.25, 0.3) is 0 Å². The number of benzene rings is 2. The van der Waals surface area contributed by atoms with E-state index in [1.807, 2.05) is 178 Å². The fourth-order valence-electron chi connectivity index (χ4n) is 14.9. The Hall–Kier alpha value is -3.62. The number of amides is 2. The van der Waals surface area contributed by atoms with Crippen molar-refractivity contribution in [3.8, 4) is 11.5 Å².